The summed E-state index contributed by atoms with van der Waals surface area (Å²) in [6, 6.07) is 0.655. The Hall–Kier alpha value is 0.270. The molecule has 21 heavy (non-hydrogen) atoms. The van der Waals surface area contributed by atoms with Crippen molar-refractivity contribution in [3.8, 4) is 0 Å². The van der Waals surface area contributed by atoms with Crippen molar-refractivity contribution < 1.29 is 5.11 Å². The molecule has 122 valence electrons. The summed E-state index contributed by atoms with van der Waals surface area (Å²) in [5.41, 5.74) is 0.580. The lowest BCUT2D eigenvalue weighted by atomic mass is 9.48. The highest BCUT2D eigenvalue weighted by atomic mass is 32.2. The minimum Gasteiger partial charge on any atom is -0.392 e. The van der Waals surface area contributed by atoms with Gasteiger partial charge in [0.2, 0.25) is 0 Å². The van der Waals surface area contributed by atoms with E-state index in [-0.39, 0.29) is 6.10 Å². The van der Waals surface area contributed by atoms with Gasteiger partial charge in [0, 0.05) is 17.0 Å². The fourth-order valence-corrected chi connectivity index (χ4v) is 6.94. The predicted molar refractivity (Wildman–Crippen MR) is 91.7 cm³/mol. The van der Waals surface area contributed by atoms with Crippen molar-refractivity contribution in [3.05, 3.63) is 0 Å². The van der Waals surface area contributed by atoms with Crippen LogP contribution in [0.15, 0.2) is 0 Å². The Bertz CT molecular complexity index is 322. The Kier molecular flexibility index (Phi) is 4.93. The van der Waals surface area contributed by atoms with Gasteiger partial charge in [-0.1, -0.05) is 13.8 Å². The monoisotopic (exact) mass is 311 g/mol. The molecular formula is C18H33NOS. The van der Waals surface area contributed by atoms with E-state index in [9.17, 15) is 5.11 Å². The summed E-state index contributed by atoms with van der Waals surface area (Å²) in [4.78, 5) is 0. The molecule has 0 heterocycles. The zero-order valence-electron chi connectivity index (χ0n) is 14.0. The quantitative estimate of drug-likeness (QED) is 0.752. The van der Waals surface area contributed by atoms with Crippen LogP contribution in [0.25, 0.3) is 0 Å². The minimum atomic E-state index is -0.200. The van der Waals surface area contributed by atoms with Crippen LogP contribution < -0.4 is 5.32 Å². The van der Waals surface area contributed by atoms with Gasteiger partial charge in [-0.2, -0.15) is 11.8 Å². The first-order valence-corrected chi connectivity index (χ1v) is 10.1. The second-order valence-corrected chi connectivity index (χ2v) is 9.58. The van der Waals surface area contributed by atoms with E-state index in [2.05, 4.69) is 19.2 Å². The molecule has 4 rings (SSSR count). The average Bonchev–Trinajstić information content (AvgIpc) is 2.41. The molecule has 3 unspecified atom stereocenters. The molecule has 4 fully saturated rings. The van der Waals surface area contributed by atoms with Crippen LogP contribution in [0.1, 0.15) is 59.3 Å². The molecule has 4 aliphatic carbocycles. The first kappa shape index (κ1) is 16.1. The third kappa shape index (κ3) is 3.30. The maximum Gasteiger partial charge on any atom is 0.0628 e. The van der Waals surface area contributed by atoms with Gasteiger partial charge in [-0.3, -0.25) is 0 Å². The van der Waals surface area contributed by atoms with Crippen molar-refractivity contribution in [2.45, 2.75) is 76.7 Å². The minimum absolute atomic E-state index is 0.200. The first-order chi connectivity index (χ1) is 10.0. The molecule has 0 spiro atoms. The van der Waals surface area contributed by atoms with E-state index in [0.29, 0.717) is 16.7 Å². The highest BCUT2D eigenvalue weighted by molar-refractivity contribution is 7.99. The van der Waals surface area contributed by atoms with Crippen LogP contribution in [0.3, 0.4) is 0 Å². The lowest BCUT2D eigenvalue weighted by Gasteiger charge is -2.59. The molecule has 4 saturated carbocycles. The molecule has 0 aromatic carbocycles. The number of nitrogens with one attached hydrogen (secondary N) is 1. The molecule has 3 atom stereocenters. The van der Waals surface area contributed by atoms with Crippen LogP contribution in [0, 0.1) is 23.2 Å². The van der Waals surface area contributed by atoms with Gasteiger partial charge in [-0.25, -0.2) is 0 Å². The zero-order chi connectivity index (χ0) is 15.0. The molecule has 0 aromatic rings. The lowest BCUT2D eigenvalue weighted by molar-refractivity contribution is -0.0691. The van der Waals surface area contributed by atoms with E-state index >= 15 is 0 Å². The van der Waals surface area contributed by atoms with Crippen LogP contribution in [0.5, 0.6) is 0 Å². The van der Waals surface area contributed by atoms with Crippen molar-refractivity contribution >= 4 is 11.8 Å². The summed E-state index contributed by atoms with van der Waals surface area (Å²) in [5, 5.41) is 13.9. The molecule has 0 aromatic heterocycles. The summed E-state index contributed by atoms with van der Waals surface area (Å²) < 4.78 is 0. The van der Waals surface area contributed by atoms with E-state index in [0.717, 1.165) is 24.3 Å². The number of hydrogen-bond donors (Lipinski definition) is 2. The maximum absolute atomic E-state index is 9.76. The van der Waals surface area contributed by atoms with Gasteiger partial charge in [0.15, 0.2) is 0 Å². The second-order valence-electron chi connectivity index (χ2n) is 8.17. The van der Waals surface area contributed by atoms with Gasteiger partial charge < -0.3 is 10.4 Å². The fraction of sp³-hybridized carbons (Fsp3) is 1.00. The zero-order valence-corrected chi connectivity index (χ0v) is 14.8. The standard InChI is InChI=1S/C18H33NOS/c1-4-19-17(11-21-13(3)12(2)20)18-8-14-5-15(9-18)7-16(6-14)10-18/h12-17,19-20H,4-11H2,1-3H3. The maximum atomic E-state index is 9.76. The third-order valence-electron chi connectivity index (χ3n) is 6.48. The molecule has 0 saturated heterocycles. The predicted octanol–water partition coefficient (Wildman–Crippen LogP) is 3.68. The topological polar surface area (TPSA) is 32.3 Å². The summed E-state index contributed by atoms with van der Waals surface area (Å²) >= 11 is 1.97. The number of aliphatic hydroxyl groups excluding tert-OH is 1. The van der Waals surface area contributed by atoms with E-state index < -0.39 is 0 Å². The van der Waals surface area contributed by atoms with Gasteiger partial charge in [-0.05, 0) is 75.2 Å². The number of rotatable bonds is 7. The molecule has 4 bridgehead atoms. The Morgan fingerprint density at radius 1 is 1.10 bits per heavy atom. The molecule has 2 N–H and O–H groups in total. The van der Waals surface area contributed by atoms with E-state index in [1.807, 2.05) is 18.7 Å². The van der Waals surface area contributed by atoms with Crippen LogP contribution in [0.4, 0.5) is 0 Å². The van der Waals surface area contributed by atoms with Crippen molar-refractivity contribution in [2.24, 2.45) is 23.2 Å². The summed E-state index contributed by atoms with van der Waals surface area (Å²) in [6.45, 7) is 7.41. The summed E-state index contributed by atoms with van der Waals surface area (Å²) in [6.07, 6.45) is 8.79. The van der Waals surface area contributed by atoms with Gasteiger partial charge in [0.1, 0.15) is 0 Å². The van der Waals surface area contributed by atoms with Gasteiger partial charge in [-0.15, -0.1) is 0 Å². The van der Waals surface area contributed by atoms with E-state index in [1.165, 1.54) is 44.3 Å². The summed E-state index contributed by atoms with van der Waals surface area (Å²) in [7, 11) is 0. The van der Waals surface area contributed by atoms with Crippen molar-refractivity contribution in [1.29, 1.82) is 0 Å². The third-order valence-corrected chi connectivity index (χ3v) is 7.93. The second kappa shape index (κ2) is 6.41. The van der Waals surface area contributed by atoms with Gasteiger partial charge in [0.05, 0.1) is 6.10 Å². The van der Waals surface area contributed by atoms with Crippen LogP contribution in [-0.2, 0) is 0 Å². The van der Waals surface area contributed by atoms with Crippen LogP contribution >= 0.6 is 11.8 Å². The molecular weight excluding hydrogens is 278 g/mol. The lowest BCUT2D eigenvalue weighted by Crippen LogP contribution is -2.57. The SMILES string of the molecule is CCNC(CSC(C)C(C)O)C12CC3CC(CC(C3)C1)C2. The average molecular weight is 312 g/mol. The largest absolute Gasteiger partial charge is 0.392 e. The molecule has 4 aliphatic rings. The van der Waals surface area contributed by atoms with Crippen LogP contribution in [0.2, 0.25) is 0 Å². The smallest absolute Gasteiger partial charge is 0.0628 e. The Morgan fingerprint density at radius 3 is 2.05 bits per heavy atom. The van der Waals surface area contributed by atoms with Crippen LogP contribution in [-0.4, -0.2) is 34.8 Å². The van der Waals surface area contributed by atoms with Crippen molar-refractivity contribution in [2.75, 3.05) is 12.3 Å². The number of thioether (sulfide) groups is 1. The molecule has 3 heteroatoms. The highest BCUT2D eigenvalue weighted by Gasteiger charge is 2.53. The van der Waals surface area contributed by atoms with Gasteiger partial charge >= 0.3 is 0 Å². The Balaban J connectivity index is 1.68. The first-order valence-electron chi connectivity index (χ1n) is 9.05. The normalized spacial score (nSPS) is 42.0. The highest BCUT2D eigenvalue weighted by Crippen LogP contribution is 2.61. The fourth-order valence-electron chi connectivity index (χ4n) is 5.69. The summed E-state index contributed by atoms with van der Waals surface area (Å²) in [5.74, 6) is 4.25. The van der Waals surface area contributed by atoms with E-state index in [4.69, 9.17) is 0 Å². The van der Waals surface area contributed by atoms with Gasteiger partial charge in [0.25, 0.3) is 0 Å². The molecule has 2 nitrogen and oxygen atoms in total. The van der Waals surface area contributed by atoms with E-state index in [1.54, 1.807) is 0 Å². The molecule has 0 radical (unpaired) electrons. The van der Waals surface area contributed by atoms with Crippen molar-refractivity contribution in [1.82, 2.24) is 5.32 Å². The Morgan fingerprint density at radius 2 is 1.62 bits per heavy atom. The Labute approximate surface area is 134 Å². The number of aliphatic hydroxyl groups is 1. The molecule has 0 aliphatic heterocycles. The number of hydrogen-bond acceptors (Lipinski definition) is 3. The van der Waals surface area contributed by atoms with Crippen molar-refractivity contribution in [3.63, 3.8) is 0 Å². The molecule has 0 amide bonds.